The van der Waals surface area contributed by atoms with Crippen LogP contribution < -0.4 is 4.74 Å². The van der Waals surface area contributed by atoms with E-state index in [2.05, 4.69) is 16.7 Å². The zero-order valence-electron chi connectivity index (χ0n) is 18.3. The van der Waals surface area contributed by atoms with Gasteiger partial charge in [0.15, 0.2) is 5.75 Å². The maximum atomic E-state index is 13.1. The lowest BCUT2D eigenvalue weighted by atomic mass is 10.00. The highest BCUT2D eigenvalue weighted by Gasteiger charge is 2.32. The molecule has 0 radical (unpaired) electrons. The van der Waals surface area contributed by atoms with Gasteiger partial charge in [0.1, 0.15) is 11.4 Å². The summed E-state index contributed by atoms with van der Waals surface area (Å²) in [5.74, 6) is -0.150. The largest absolute Gasteiger partial charge is 0.437 e. The van der Waals surface area contributed by atoms with Crippen molar-refractivity contribution < 1.29 is 23.0 Å². The number of aliphatic hydroxyl groups excluding tert-OH is 1. The third-order valence-corrected chi connectivity index (χ3v) is 4.95. The molecule has 1 aromatic heterocycles. The molecule has 2 aromatic rings. The SMILES string of the molecule is C=C(/N=C(\C=C(\C)[C@H](C)CC)Oc1cc(C#N)ccc1-n1cc(C(C)O)cn1)C(F)(F)F. The summed E-state index contributed by atoms with van der Waals surface area (Å²) in [4.78, 5) is 3.57. The Bertz CT molecular complexity index is 1080. The molecular weight excluding hydrogens is 421 g/mol. The second-order valence-corrected chi connectivity index (χ2v) is 7.38. The minimum Gasteiger partial charge on any atom is -0.437 e. The molecule has 0 fully saturated rings. The van der Waals surface area contributed by atoms with Gasteiger partial charge in [0.05, 0.1) is 23.9 Å². The fourth-order valence-corrected chi connectivity index (χ4v) is 2.59. The number of aliphatic hydroxyl groups is 1. The number of hydrogen-bond donors (Lipinski definition) is 1. The number of aromatic nitrogens is 2. The van der Waals surface area contributed by atoms with Gasteiger partial charge >= 0.3 is 6.18 Å². The Morgan fingerprint density at radius 1 is 1.41 bits per heavy atom. The number of benzene rings is 1. The molecule has 1 unspecified atom stereocenters. The van der Waals surface area contributed by atoms with E-state index in [0.717, 1.165) is 12.0 Å². The minimum absolute atomic E-state index is 0.0752. The lowest BCUT2D eigenvalue weighted by Gasteiger charge is -2.15. The molecular formula is C23H25F3N4O2. The molecule has 0 spiro atoms. The van der Waals surface area contributed by atoms with Gasteiger partial charge in [-0.25, -0.2) is 9.67 Å². The monoisotopic (exact) mass is 446 g/mol. The maximum absolute atomic E-state index is 13.1. The Kier molecular flexibility index (Phi) is 8.00. The normalized spacial score (nSPS) is 14.6. The van der Waals surface area contributed by atoms with Crippen LogP contribution in [0, 0.1) is 17.2 Å². The van der Waals surface area contributed by atoms with Crippen LogP contribution in [0.3, 0.4) is 0 Å². The smallest absolute Gasteiger partial charge is 0.432 e. The molecule has 2 rings (SSSR count). The average Bonchev–Trinajstić information content (AvgIpc) is 3.22. The van der Waals surface area contributed by atoms with Crippen molar-refractivity contribution >= 4 is 5.90 Å². The number of aliphatic imine (C=N–C) groups is 1. The first-order valence-corrected chi connectivity index (χ1v) is 9.94. The van der Waals surface area contributed by atoms with E-state index in [1.807, 2.05) is 19.9 Å². The molecule has 0 aliphatic rings. The fourth-order valence-electron chi connectivity index (χ4n) is 2.59. The number of nitrogens with zero attached hydrogens (tertiary/aromatic N) is 4. The van der Waals surface area contributed by atoms with Crippen LogP contribution in [0.4, 0.5) is 13.2 Å². The Balaban J connectivity index is 2.59. The van der Waals surface area contributed by atoms with Gasteiger partial charge in [0.25, 0.3) is 0 Å². The van der Waals surface area contributed by atoms with Gasteiger partial charge in [-0.05, 0) is 44.4 Å². The predicted octanol–water partition coefficient (Wildman–Crippen LogP) is 5.64. The van der Waals surface area contributed by atoms with E-state index < -0.39 is 18.0 Å². The molecule has 2 atom stereocenters. The summed E-state index contributed by atoms with van der Waals surface area (Å²) in [7, 11) is 0. The standard InChI is InChI=1S/C23H25F3N4O2/c1-6-14(2)15(3)9-22(29-17(5)23(24,25)26)32-21-10-18(11-27)7-8-20(21)30-13-19(12-28-30)16(4)31/h7-10,12-14,16,31H,5-6H2,1-4H3/b15-9-,29-22+/t14-,16?/m1/s1. The van der Waals surface area contributed by atoms with Crippen molar-refractivity contribution in [3.8, 4) is 17.5 Å². The number of nitriles is 1. The van der Waals surface area contributed by atoms with Gasteiger partial charge in [0, 0.05) is 17.8 Å². The van der Waals surface area contributed by atoms with Crippen molar-refractivity contribution in [1.29, 1.82) is 5.26 Å². The summed E-state index contributed by atoms with van der Waals surface area (Å²) in [6.07, 6.45) is -0.262. The van der Waals surface area contributed by atoms with Crippen LogP contribution in [-0.2, 0) is 0 Å². The topological polar surface area (TPSA) is 83.4 Å². The van der Waals surface area contributed by atoms with Crippen LogP contribution in [0.5, 0.6) is 5.75 Å². The zero-order chi connectivity index (χ0) is 24.1. The number of allylic oxidation sites excluding steroid dienone is 2. The number of rotatable bonds is 7. The van der Waals surface area contributed by atoms with Gasteiger partial charge in [-0.3, -0.25) is 0 Å². The van der Waals surface area contributed by atoms with Crippen LogP contribution in [0.25, 0.3) is 5.69 Å². The van der Waals surface area contributed by atoms with Crippen molar-refractivity contribution in [3.63, 3.8) is 0 Å². The molecule has 0 saturated carbocycles. The Morgan fingerprint density at radius 2 is 2.09 bits per heavy atom. The highest BCUT2D eigenvalue weighted by molar-refractivity contribution is 5.91. The third-order valence-electron chi connectivity index (χ3n) is 4.95. The molecule has 0 saturated heterocycles. The van der Waals surface area contributed by atoms with E-state index in [9.17, 15) is 23.5 Å². The summed E-state index contributed by atoms with van der Waals surface area (Å²) in [5.41, 5.74) is 0.593. The summed E-state index contributed by atoms with van der Waals surface area (Å²) in [6.45, 7) is 10.2. The summed E-state index contributed by atoms with van der Waals surface area (Å²) >= 11 is 0. The minimum atomic E-state index is -4.72. The van der Waals surface area contributed by atoms with Crippen LogP contribution >= 0.6 is 0 Å². The number of halogens is 3. The summed E-state index contributed by atoms with van der Waals surface area (Å²) in [5, 5.41) is 23.2. The predicted molar refractivity (Wildman–Crippen MR) is 115 cm³/mol. The molecule has 0 bridgehead atoms. The second-order valence-electron chi connectivity index (χ2n) is 7.38. The first-order chi connectivity index (χ1) is 15.0. The Hall–Kier alpha value is -3.38. The van der Waals surface area contributed by atoms with Gasteiger partial charge in [-0.2, -0.15) is 23.5 Å². The van der Waals surface area contributed by atoms with Crippen LogP contribution in [0.2, 0.25) is 0 Å². The van der Waals surface area contributed by atoms with Crippen LogP contribution in [0.1, 0.15) is 51.3 Å². The fraction of sp³-hybridized carbons (Fsp3) is 0.348. The maximum Gasteiger partial charge on any atom is 0.432 e. The molecule has 0 amide bonds. The van der Waals surface area contributed by atoms with Gasteiger partial charge in [-0.1, -0.05) is 26.0 Å². The highest BCUT2D eigenvalue weighted by atomic mass is 19.4. The summed E-state index contributed by atoms with van der Waals surface area (Å²) < 4.78 is 46.4. The lowest BCUT2D eigenvalue weighted by Crippen LogP contribution is -2.15. The van der Waals surface area contributed by atoms with Gasteiger partial charge in [0.2, 0.25) is 5.90 Å². The average molecular weight is 446 g/mol. The van der Waals surface area contributed by atoms with Gasteiger partial charge < -0.3 is 9.84 Å². The lowest BCUT2D eigenvalue weighted by molar-refractivity contribution is -0.0920. The Morgan fingerprint density at radius 3 is 2.62 bits per heavy atom. The van der Waals surface area contributed by atoms with Crippen molar-refractivity contribution in [2.45, 2.75) is 46.4 Å². The van der Waals surface area contributed by atoms with Crippen molar-refractivity contribution in [1.82, 2.24) is 9.78 Å². The number of ether oxygens (including phenoxy) is 1. The van der Waals surface area contributed by atoms with E-state index >= 15 is 0 Å². The molecule has 32 heavy (non-hydrogen) atoms. The first-order valence-electron chi connectivity index (χ1n) is 9.94. The highest BCUT2D eigenvalue weighted by Crippen LogP contribution is 2.29. The van der Waals surface area contributed by atoms with Crippen LogP contribution in [0.15, 0.2) is 59.5 Å². The molecule has 0 aliphatic heterocycles. The zero-order valence-corrected chi connectivity index (χ0v) is 18.3. The molecule has 6 nitrogen and oxygen atoms in total. The summed E-state index contributed by atoms with van der Waals surface area (Å²) in [6, 6.07) is 6.43. The molecule has 1 aromatic carbocycles. The molecule has 9 heteroatoms. The van der Waals surface area contributed by atoms with Gasteiger partial charge in [-0.15, -0.1) is 0 Å². The van der Waals surface area contributed by atoms with Crippen molar-refractivity contribution in [2.24, 2.45) is 10.9 Å². The van der Waals surface area contributed by atoms with Crippen LogP contribution in [-0.4, -0.2) is 27.0 Å². The third kappa shape index (κ3) is 6.31. The number of alkyl halides is 3. The van der Waals surface area contributed by atoms with E-state index in [1.165, 1.54) is 29.1 Å². The molecule has 170 valence electrons. The molecule has 1 N–H and O–H groups in total. The van der Waals surface area contributed by atoms with Crippen molar-refractivity contribution in [2.75, 3.05) is 0 Å². The Labute approximate surface area is 185 Å². The molecule has 1 heterocycles. The van der Waals surface area contributed by atoms with E-state index in [1.54, 1.807) is 26.1 Å². The second kappa shape index (κ2) is 10.3. The molecule has 0 aliphatic carbocycles. The first kappa shape index (κ1) is 24.9. The number of hydrogen-bond acceptors (Lipinski definition) is 5. The van der Waals surface area contributed by atoms with E-state index in [0.29, 0.717) is 11.3 Å². The van der Waals surface area contributed by atoms with Crippen molar-refractivity contribution in [3.05, 3.63) is 65.6 Å². The quantitative estimate of drug-likeness (QED) is 0.441. The van der Waals surface area contributed by atoms with E-state index in [4.69, 9.17) is 4.74 Å². The van der Waals surface area contributed by atoms with E-state index in [-0.39, 0.29) is 23.1 Å².